The van der Waals surface area contributed by atoms with Crippen molar-refractivity contribution in [1.29, 1.82) is 0 Å². The van der Waals surface area contributed by atoms with Crippen LogP contribution in [-0.4, -0.2) is 5.78 Å². The van der Waals surface area contributed by atoms with Gasteiger partial charge < -0.3 is 0 Å². The molecule has 1 nitrogen and oxygen atoms in total. The van der Waals surface area contributed by atoms with Crippen molar-refractivity contribution in [2.45, 2.75) is 32.6 Å². The summed E-state index contributed by atoms with van der Waals surface area (Å²) in [6.07, 6.45) is 2.54. The van der Waals surface area contributed by atoms with Gasteiger partial charge in [0.15, 0.2) is 0 Å². The first-order chi connectivity index (χ1) is 6.74. The van der Waals surface area contributed by atoms with E-state index in [1.54, 1.807) is 12.1 Å². The minimum Gasteiger partial charge on any atom is -0.300 e. The summed E-state index contributed by atoms with van der Waals surface area (Å²) >= 11 is 0. The predicted molar refractivity (Wildman–Crippen MR) is 54.6 cm³/mol. The van der Waals surface area contributed by atoms with Crippen LogP contribution in [0.1, 0.15) is 31.7 Å². The number of carbonyl (C=O) groups is 1. The van der Waals surface area contributed by atoms with Crippen LogP contribution in [0, 0.1) is 5.82 Å². The number of carbonyl (C=O) groups excluding carboxylic acids is 1. The van der Waals surface area contributed by atoms with Crippen LogP contribution in [0.5, 0.6) is 0 Å². The number of benzene rings is 1. The minimum atomic E-state index is -0.170. The Bertz CT molecular complexity index is 307. The number of ketones is 1. The number of rotatable bonds is 5. The lowest BCUT2D eigenvalue weighted by atomic mass is 10.1. The highest BCUT2D eigenvalue weighted by atomic mass is 19.1. The Labute approximate surface area is 83.9 Å². The van der Waals surface area contributed by atoms with Crippen LogP contribution >= 0.6 is 0 Å². The smallest absolute Gasteiger partial charge is 0.132 e. The quantitative estimate of drug-likeness (QED) is 0.703. The molecule has 1 aromatic rings. The van der Waals surface area contributed by atoms with E-state index in [0.29, 0.717) is 24.8 Å². The predicted octanol–water partition coefficient (Wildman–Crippen LogP) is 3.13. The second-order valence-corrected chi connectivity index (χ2v) is 3.34. The molecule has 0 aliphatic carbocycles. The summed E-state index contributed by atoms with van der Waals surface area (Å²) in [7, 11) is 0. The van der Waals surface area contributed by atoms with Crippen molar-refractivity contribution < 1.29 is 9.18 Å². The number of Topliss-reactive ketones (excluding diaryl/α,β-unsaturated/α-hetero) is 1. The van der Waals surface area contributed by atoms with E-state index in [9.17, 15) is 9.18 Å². The molecule has 0 radical (unpaired) electrons. The lowest BCUT2D eigenvalue weighted by Gasteiger charge is -2.01. The van der Waals surface area contributed by atoms with Crippen molar-refractivity contribution in [3.05, 3.63) is 35.6 Å². The van der Waals surface area contributed by atoms with E-state index < -0.39 is 0 Å². The lowest BCUT2D eigenvalue weighted by Crippen LogP contribution is -1.97. The van der Waals surface area contributed by atoms with Crippen molar-refractivity contribution >= 4 is 5.78 Å². The fraction of sp³-hybridized carbons (Fsp3) is 0.417. The second kappa shape index (κ2) is 5.53. The molecule has 0 spiro atoms. The van der Waals surface area contributed by atoms with E-state index in [0.717, 1.165) is 6.42 Å². The molecule has 0 N–H and O–H groups in total. The molecule has 0 saturated carbocycles. The van der Waals surface area contributed by atoms with Gasteiger partial charge in [0.1, 0.15) is 11.6 Å². The molecular formula is C12H15FO. The zero-order valence-corrected chi connectivity index (χ0v) is 8.42. The maximum absolute atomic E-state index is 13.1. The van der Waals surface area contributed by atoms with Gasteiger partial charge in [0.25, 0.3) is 0 Å². The molecule has 0 saturated heterocycles. The Morgan fingerprint density at radius 1 is 1.36 bits per heavy atom. The molecular weight excluding hydrogens is 179 g/mol. The maximum atomic E-state index is 13.1. The summed E-state index contributed by atoms with van der Waals surface area (Å²) in [6.45, 7) is 1.85. The Morgan fingerprint density at radius 3 is 2.71 bits per heavy atom. The Balaban J connectivity index is 2.39. The van der Waals surface area contributed by atoms with E-state index in [4.69, 9.17) is 0 Å². The zero-order valence-electron chi connectivity index (χ0n) is 8.42. The first-order valence-corrected chi connectivity index (χ1v) is 4.99. The van der Waals surface area contributed by atoms with Crippen molar-refractivity contribution in [2.24, 2.45) is 0 Å². The average Bonchev–Trinajstić information content (AvgIpc) is 2.20. The van der Waals surface area contributed by atoms with E-state index in [-0.39, 0.29) is 11.6 Å². The van der Waals surface area contributed by atoms with Gasteiger partial charge in [-0.25, -0.2) is 4.39 Å². The fourth-order valence-corrected chi connectivity index (χ4v) is 1.35. The SMILES string of the molecule is CCC(=O)CCCc1ccccc1F. The highest BCUT2D eigenvalue weighted by Crippen LogP contribution is 2.10. The van der Waals surface area contributed by atoms with Crippen molar-refractivity contribution in [3.8, 4) is 0 Å². The van der Waals surface area contributed by atoms with Crippen LogP contribution in [-0.2, 0) is 11.2 Å². The monoisotopic (exact) mass is 194 g/mol. The van der Waals surface area contributed by atoms with Crippen LogP contribution < -0.4 is 0 Å². The summed E-state index contributed by atoms with van der Waals surface area (Å²) in [5, 5.41) is 0. The Morgan fingerprint density at radius 2 is 2.07 bits per heavy atom. The Hall–Kier alpha value is -1.18. The summed E-state index contributed by atoms with van der Waals surface area (Å²) in [5.74, 6) is 0.0813. The van der Waals surface area contributed by atoms with E-state index in [1.165, 1.54) is 6.07 Å². The van der Waals surface area contributed by atoms with Crippen LogP contribution in [0.3, 0.4) is 0 Å². The van der Waals surface area contributed by atoms with Gasteiger partial charge in [-0.15, -0.1) is 0 Å². The topological polar surface area (TPSA) is 17.1 Å². The molecule has 0 aliphatic rings. The molecule has 0 heterocycles. The molecule has 0 aliphatic heterocycles. The minimum absolute atomic E-state index is 0.170. The number of hydrogen-bond acceptors (Lipinski definition) is 1. The molecule has 1 aromatic carbocycles. The second-order valence-electron chi connectivity index (χ2n) is 3.34. The summed E-state index contributed by atoms with van der Waals surface area (Å²) in [5.41, 5.74) is 0.705. The van der Waals surface area contributed by atoms with Crippen LogP contribution in [0.2, 0.25) is 0 Å². The molecule has 2 heteroatoms. The molecule has 0 fully saturated rings. The number of aryl methyl sites for hydroxylation is 1. The largest absolute Gasteiger partial charge is 0.300 e. The van der Waals surface area contributed by atoms with Gasteiger partial charge >= 0.3 is 0 Å². The van der Waals surface area contributed by atoms with Crippen molar-refractivity contribution in [3.63, 3.8) is 0 Å². The Kier molecular flexibility index (Phi) is 4.30. The highest BCUT2D eigenvalue weighted by molar-refractivity contribution is 5.77. The van der Waals surface area contributed by atoms with Crippen molar-refractivity contribution in [1.82, 2.24) is 0 Å². The van der Waals surface area contributed by atoms with Crippen molar-refractivity contribution in [2.75, 3.05) is 0 Å². The number of halogens is 1. The molecule has 0 aromatic heterocycles. The van der Waals surface area contributed by atoms with E-state index >= 15 is 0 Å². The molecule has 14 heavy (non-hydrogen) atoms. The highest BCUT2D eigenvalue weighted by Gasteiger charge is 2.02. The first kappa shape index (κ1) is 10.9. The summed E-state index contributed by atoms with van der Waals surface area (Å²) in [4.78, 5) is 11.0. The molecule has 0 atom stereocenters. The first-order valence-electron chi connectivity index (χ1n) is 4.99. The average molecular weight is 194 g/mol. The van der Waals surface area contributed by atoms with Crippen LogP contribution in [0.15, 0.2) is 24.3 Å². The molecule has 0 unspecified atom stereocenters. The van der Waals surface area contributed by atoms with Gasteiger partial charge in [-0.05, 0) is 24.5 Å². The lowest BCUT2D eigenvalue weighted by molar-refractivity contribution is -0.118. The van der Waals surface area contributed by atoms with Crippen LogP contribution in [0.25, 0.3) is 0 Å². The van der Waals surface area contributed by atoms with Gasteiger partial charge in [-0.3, -0.25) is 4.79 Å². The van der Waals surface area contributed by atoms with Gasteiger partial charge in [-0.1, -0.05) is 25.1 Å². The third-order valence-corrected chi connectivity index (χ3v) is 2.25. The fourth-order valence-electron chi connectivity index (χ4n) is 1.35. The normalized spacial score (nSPS) is 10.1. The van der Waals surface area contributed by atoms with E-state index in [1.807, 2.05) is 13.0 Å². The third-order valence-electron chi connectivity index (χ3n) is 2.25. The standard InChI is InChI=1S/C12H15FO/c1-2-11(14)8-5-7-10-6-3-4-9-12(10)13/h3-4,6,9H,2,5,7-8H2,1H3. The van der Waals surface area contributed by atoms with Gasteiger partial charge in [-0.2, -0.15) is 0 Å². The third kappa shape index (κ3) is 3.29. The number of hydrogen-bond donors (Lipinski definition) is 0. The van der Waals surface area contributed by atoms with Gasteiger partial charge in [0, 0.05) is 12.8 Å². The van der Waals surface area contributed by atoms with Gasteiger partial charge in [0.05, 0.1) is 0 Å². The molecule has 76 valence electrons. The zero-order chi connectivity index (χ0) is 10.4. The molecule has 0 amide bonds. The maximum Gasteiger partial charge on any atom is 0.132 e. The molecule has 0 bridgehead atoms. The van der Waals surface area contributed by atoms with Crippen LogP contribution in [0.4, 0.5) is 4.39 Å². The summed E-state index contributed by atoms with van der Waals surface area (Å²) < 4.78 is 13.1. The molecule has 1 rings (SSSR count). The van der Waals surface area contributed by atoms with Gasteiger partial charge in [0.2, 0.25) is 0 Å². The van der Waals surface area contributed by atoms with E-state index in [2.05, 4.69) is 0 Å². The summed E-state index contributed by atoms with van der Waals surface area (Å²) in [6, 6.07) is 6.72.